The van der Waals surface area contributed by atoms with E-state index in [-0.39, 0.29) is 11.5 Å². The molecule has 0 unspecified atom stereocenters. The number of amides is 1. The van der Waals surface area contributed by atoms with Gasteiger partial charge in [0.05, 0.1) is 13.1 Å². The molecule has 9 heteroatoms. The minimum Gasteiger partial charge on any atom is -0.358 e. The second-order valence-corrected chi connectivity index (χ2v) is 3.26. The zero-order valence-corrected chi connectivity index (χ0v) is 8.57. The maximum atomic E-state index is 12.7. The van der Waals surface area contributed by atoms with Crippen molar-refractivity contribution in [2.24, 2.45) is 5.73 Å². The Hall–Kier alpha value is -2.03. The van der Waals surface area contributed by atoms with Crippen molar-refractivity contribution in [2.75, 3.05) is 13.1 Å². The molecule has 0 aromatic carbocycles. The third-order valence-electron chi connectivity index (χ3n) is 1.92. The van der Waals surface area contributed by atoms with Crippen molar-refractivity contribution in [2.45, 2.75) is 5.92 Å². The summed E-state index contributed by atoms with van der Waals surface area (Å²) in [7, 11) is 0. The number of alkyl halides is 2. The zero-order chi connectivity index (χ0) is 13.1. The van der Waals surface area contributed by atoms with Crippen LogP contribution in [0.5, 0.6) is 0 Å². The first-order valence-electron chi connectivity index (χ1n) is 4.55. The molecule has 17 heavy (non-hydrogen) atoms. The molecular weight excluding hydrogens is 238 g/mol. The molecule has 1 aromatic rings. The molecule has 0 saturated carbocycles. The average Bonchev–Trinajstić information content (AvgIpc) is 2.75. The highest BCUT2D eigenvalue weighted by Crippen LogP contribution is 2.11. The molecule has 1 heterocycles. The lowest BCUT2D eigenvalue weighted by atomic mass is 10.3. The Bertz CT molecular complexity index is 432. The molecule has 0 atom stereocenters. The Morgan fingerprint density at radius 1 is 1.59 bits per heavy atom. The van der Waals surface area contributed by atoms with E-state index in [0.29, 0.717) is 0 Å². The van der Waals surface area contributed by atoms with Crippen LogP contribution >= 0.6 is 0 Å². The highest BCUT2D eigenvalue weighted by molar-refractivity contribution is 5.92. The summed E-state index contributed by atoms with van der Waals surface area (Å²) in [5.41, 5.74) is 4.61. The zero-order valence-electron chi connectivity index (χ0n) is 8.57. The number of carbonyl (C=O) groups is 1. The minimum absolute atomic E-state index is 0.162. The van der Waals surface area contributed by atoms with E-state index in [4.69, 9.17) is 5.73 Å². The van der Waals surface area contributed by atoms with Gasteiger partial charge in [0.15, 0.2) is 5.69 Å². The van der Waals surface area contributed by atoms with Crippen LogP contribution in [0.3, 0.4) is 0 Å². The Kier molecular flexibility index (Phi) is 3.73. The number of nitrogens with two attached hydrogens (primary N) is 1. The number of hydrogen-bond donors (Lipinski definition) is 3. The fourth-order valence-electron chi connectivity index (χ4n) is 1.000. The first kappa shape index (κ1) is 13.0. The molecule has 0 aliphatic carbocycles. The van der Waals surface area contributed by atoms with E-state index in [2.05, 4.69) is 4.98 Å². The lowest BCUT2D eigenvalue weighted by Gasteiger charge is -2.13. The second-order valence-electron chi connectivity index (χ2n) is 3.26. The fraction of sp³-hybridized carbons (Fsp3) is 0.375. The third-order valence-corrected chi connectivity index (χ3v) is 1.92. The summed E-state index contributed by atoms with van der Waals surface area (Å²) in [6, 6.07) is 2.20. The predicted octanol–water partition coefficient (Wildman–Crippen LogP) is 0.247. The molecular formula is C8H10F2N4O3. The van der Waals surface area contributed by atoms with Gasteiger partial charge in [-0.2, -0.15) is 0 Å². The predicted molar refractivity (Wildman–Crippen MR) is 53.8 cm³/mol. The average molecular weight is 248 g/mol. The highest BCUT2D eigenvalue weighted by Gasteiger charge is 2.28. The minimum atomic E-state index is -3.20. The van der Waals surface area contributed by atoms with E-state index in [1.807, 2.05) is 5.32 Å². The first-order chi connectivity index (χ1) is 7.85. The van der Waals surface area contributed by atoms with E-state index < -0.39 is 29.8 Å². The van der Waals surface area contributed by atoms with E-state index in [1.54, 1.807) is 0 Å². The van der Waals surface area contributed by atoms with Gasteiger partial charge < -0.3 is 21.2 Å². The third kappa shape index (κ3) is 3.48. The number of halogens is 2. The lowest BCUT2D eigenvalue weighted by molar-refractivity contribution is -0.389. The number of nitrogens with zero attached hydrogens (tertiary/aromatic N) is 1. The maximum absolute atomic E-state index is 12.7. The summed E-state index contributed by atoms with van der Waals surface area (Å²) in [5, 5.41) is 12.2. The number of aromatic amines is 1. The topological polar surface area (TPSA) is 114 Å². The van der Waals surface area contributed by atoms with Gasteiger partial charge in [-0.1, -0.05) is 0 Å². The van der Waals surface area contributed by atoms with Gasteiger partial charge in [-0.25, -0.2) is 13.8 Å². The SMILES string of the molecule is NCC(F)(F)CNC(=O)c1ccc([N+](=O)[O-])[nH]1. The summed E-state index contributed by atoms with van der Waals surface area (Å²) in [6.45, 7) is -1.81. The summed E-state index contributed by atoms with van der Waals surface area (Å²) in [5.74, 6) is -4.44. The van der Waals surface area contributed by atoms with Crippen molar-refractivity contribution >= 4 is 11.7 Å². The summed E-state index contributed by atoms with van der Waals surface area (Å²) in [6.07, 6.45) is 0. The maximum Gasteiger partial charge on any atom is 0.321 e. The number of rotatable bonds is 5. The molecule has 0 radical (unpaired) electrons. The molecule has 1 amide bonds. The van der Waals surface area contributed by atoms with Crippen LogP contribution in [0.15, 0.2) is 12.1 Å². The number of aromatic nitrogens is 1. The molecule has 4 N–H and O–H groups in total. The van der Waals surface area contributed by atoms with Crippen LogP contribution in [-0.4, -0.2) is 34.8 Å². The van der Waals surface area contributed by atoms with Crippen LogP contribution < -0.4 is 11.1 Å². The van der Waals surface area contributed by atoms with Crippen LogP contribution in [0.2, 0.25) is 0 Å². The van der Waals surface area contributed by atoms with Crippen molar-refractivity contribution in [3.05, 3.63) is 27.9 Å². The number of nitro groups is 1. The standard InChI is InChI=1S/C8H10F2N4O3/c9-8(10,3-11)4-12-7(15)5-1-2-6(13-5)14(16)17/h1-2,13H,3-4,11H2,(H,12,15). The van der Waals surface area contributed by atoms with Crippen molar-refractivity contribution in [1.82, 2.24) is 10.3 Å². The van der Waals surface area contributed by atoms with E-state index in [9.17, 15) is 23.7 Å². The second kappa shape index (κ2) is 4.87. The molecule has 94 valence electrons. The molecule has 1 aromatic heterocycles. The molecule has 1 rings (SSSR count). The Morgan fingerprint density at radius 2 is 2.24 bits per heavy atom. The van der Waals surface area contributed by atoms with E-state index in [1.165, 1.54) is 0 Å². The molecule has 0 bridgehead atoms. The normalized spacial score (nSPS) is 11.2. The van der Waals surface area contributed by atoms with Crippen LogP contribution in [0, 0.1) is 10.1 Å². The molecule has 0 aliphatic heterocycles. The van der Waals surface area contributed by atoms with Gasteiger partial charge in [-0.05, 0) is 11.0 Å². The van der Waals surface area contributed by atoms with Crippen molar-refractivity contribution in [3.63, 3.8) is 0 Å². The fourth-order valence-corrected chi connectivity index (χ4v) is 1.000. The van der Waals surface area contributed by atoms with Crippen molar-refractivity contribution in [3.8, 4) is 0 Å². The van der Waals surface area contributed by atoms with Crippen LogP contribution in [-0.2, 0) is 0 Å². The van der Waals surface area contributed by atoms with Gasteiger partial charge in [0.2, 0.25) is 0 Å². The summed E-state index contributed by atoms with van der Waals surface area (Å²) >= 11 is 0. The number of hydrogen-bond acceptors (Lipinski definition) is 4. The molecule has 0 saturated heterocycles. The quantitative estimate of drug-likeness (QED) is 0.511. The van der Waals surface area contributed by atoms with Gasteiger partial charge in [0.25, 0.3) is 11.8 Å². The largest absolute Gasteiger partial charge is 0.358 e. The lowest BCUT2D eigenvalue weighted by Crippen LogP contribution is -2.41. The Morgan fingerprint density at radius 3 is 2.71 bits per heavy atom. The Labute approximate surface area is 94.1 Å². The molecule has 0 spiro atoms. The smallest absolute Gasteiger partial charge is 0.321 e. The van der Waals surface area contributed by atoms with Gasteiger partial charge >= 0.3 is 5.82 Å². The molecule has 7 nitrogen and oxygen atoms in total. The Balaban J connectivity index is 2.61. The molecule has 0 fully saturated rings. The van der Waals surface area contributed by atoms with Gasteiger partial charge in [0, 0.05) is 6.07 Å². The van der Waals surface area contributed by atoms with Crippen molar-refractivity contribution < 1.29 is 18.5 Å². The van der Waals surface area contributed by atoms with E-state index in [0.717, 1.165) is 12.1 Å². The molecule has 0 aliphatic rings. The van der Waals surface area contributed by atoms with Crippen LogP contribution in [0.4, 0.5) is 14.6 Å². The summed E-state index contributed by atoms with van der Waals surface area (Å²) < 4.78 is 25.4. The van der Waals surface area contributed by atoms with Crippen molar-refractivity contribution in [1.29, 1.82) is 0 Å². The summed E-state index contributed by atoms with van der Waals surface area (Å²) in [4.78, 5) is 23.1. The highest BCUT2D eigenvalue weighted by atomic mass is 19.3. The van der Waals surface area contributed by atoms with Crippen LogP contribution in [0.1, 0.15) is 10.5 Å². The van der Waals surface area contributed by atoms with Gasteiger partial charge in [-0.3, -0.25) is 4.79 Å². The number of H-pyrrole nitrogens is 1. The number of nitrogens with one attached hydrogen (secondary N) is 2. The first-order valence-corrected chi connectivity index (χ1v) is 4.55. The van der Waals surface area contributed by atoms with Crippen LogP contribution in [0.25, 0.3) is 0 Å². The van der Waals surface area contributed by atoms with Gasteiger partial charge in [-0.15, -0.1) is 0 Å². The van der Waals surface area contributed by atoms with E-state index >= 15 is 0 Å². The monoisotopic (exact) mass is 248 g/mol. The number of carbonyl (C=O) groups excluding carboxylic acids is 1. The van der Waals surface area contributed by atoms with Gasteiger partial charge in [0.1, 0.15) is 0 Å².